The van der Waals surface area contributed by atoms with Crippen LogP contribution in [0.5, 0.6) is 0 Å². The van der Waals surface area contributed by atoms with Crippen LogP contribution in [0.3, 0.4) is 0 Å². The summed E-state index contributed by atoms with van der Waals surface area (Å²) in [6, 6.07) is 13.6. The number of nitrogens with zero attached hydrogens (tertiary/aromatic N) is 1. The summed E-state index contributed by atoms with van der Waals surface area (Å²) in [6.45, 7) is 1.05. The average molecular weight is 293 g/mol. The van der Waals surface area contributed by atoms with Crippen LogP contribution in [0.4, 0.5) is 5.82 Å². The normalized spacial score (nSPS) is 10.4. The summed E-state index contributed by atoms with van der Waals surface area (Å²) in [4.78, 5) is 4.16. The van der Waals surface area contributed by atoms with E-state index in [2.05, 4.69) is 20.9 Å². The number of halogens is 1. The van der Waals surface area contributed by atoms with Crippen LogP contribution in [0.25, 0.3) is 0 Å². The largest absolute Gasteiger partial charge is 0.384 e. The highest BCUT2D eigenvalue weighted by Gasteiger charge is 1.97. The van der Waals surface area contributed by atoms with Crippen LogP contribution in [0.1, 0.15) is 11.3 Å². The Morgan fingerprint density at radius 3 is 2.53 bits per heavy atom. The number of hydrogen-bond donors (Lipinski definition) is 1. The van der Waals surface area contributed by atoms with Crippen molar-refractivity contribution in [3.8, 4) is 0 Å². The number of benzene rings is 1. The summed E-state index contributed by atoms with van der Waals surface area (Å²) in [7, 11) is 0. The first-order valence-electron chi connectivity index (χ1n) is 5.27. The highest BCUT2D eigenvalue weighted by Crippen LogP contribution is 2.12. The zero-order valence-corrected chi connectivity index (χ0v) is 10.9. The van der Waals surface area contributed by atoms with E-state index in [0.29, 0.717) is 19.0 Å². The Morgan fingerprint density at radius 2 is 1.82 bits per heavy atom. The summed E-state index contributed by atoms with van der Waals surface area (Å²) in [5.74, 6) is 0.523. The van der Waals surface area contributed by atoms with Crippen LogP contribution in [-0.4, -0.2) is 4.98 Å². The van der Waals surface area contributed by atoms with Crippen LogP contribution >= 0.6 is 15.9 Å². The van der Waals surface area contributed by atoms with Crippen LogP contribution in [0, 0.1) is 0 Å². The lowest BCUT2D eigenvalue weighted by Crippen LogP contribution is -1.98. The average Bonchev–Trinajstić information content (AvgIpc) is 2.32. The first-order valence-corrected chi connectivity index (χ1v) is 6.07. The zero-order valence-electron chi connectivity index (χ0n) is 9.27. The molecule has 0 aliphatic heterocycles. The molecule has 0 unspecified atom stereocenters. The van der Waals surface area contributed by atoms with Gasteiger partial charge in [0.25, 0.3) is 0 Å². The molecular formula is C13H13BrN2O. The molecule has 2 rings (SSSR count). The number of ether oxygens (including phenoxy) is 1. The third-order valence-corrected chi connectivity index (χ3v) is 2.79. The van der Waals surface area contributed by atoms with Gasteiger partial charge in [0.1, 0.15) is 5.82 Å². The van der Waals surface area contributed by atoms with E-state index < -0.39 is 0 Å². The second-order valence-corrected chi connectivity index (χ2v) is 4.59. The monoisotopic (exact) mass is 292 g/mol. The number of aromatic nitrogens is 1. The second kappa shape index (κ2) is 5.80. The fourth-order valence-corrected chi connectivity index (χ4v) is 1.70. The molecule has 1 aromatic carbocycles. The molecule has 0 aliphatic carbocycles. The molecule has 0 amide bonds. The third kappa shape index (κ3) is 3.84. The van der Waals surface area contributed by atoms with E-state index in [0.717, 1.165) is 15.7 Å². The summed E-state index contributed by atoms with van der Waals surface area (Å²) >= 11 is 3.39. The first-order chi connectivity index (χ1) is 8.24. The molecule has 0 saturated heterocycles. The van der Waals surface area contributed by atoms with Crippen molar-refractivity contribution in [1.29, 1.82) is 0 Å². The fraction of sp³-hybridized carbons (Fsp3) is 0.154. The van der Waals surface area contributed by atoms with Gasteiger partial charge in [-0.25, -0.2) is 4.98 Å². The maximum Gasteiger partial charge on any atom is 0.123 e. The minimum atomic E-state index is 0.473. The van der Waals surface area contributed by atoms with E-state index in [1.165, 1.54) is 0 Å². The molecule has 0 atom stereocenters. The molecule has 0 aliphatic rings. The van der Waals surface area contributed by atoms with E-state index in [9.17, 15) is 0 Å². The van der Waals surface area contributed by atoms with Crippen LogP contribution < -0.4 is 5.73 Å². The molecule has 0 radical (unpaired) electrons. The summed E-state index contributed by atoms with van der Waals surface area (Å²) < 4.78 is 6.64. The van der Waals surface area contributed by atoms with Gasteiger partial charge in [-0.1, -0.05) is 34.1 Å². The predicted octanol–water partition coefficient (Wildman–Crippen LogP) is 3.14. The number of pyridine rings is 1. The minimum Gasteiger partial charge on any atom is -0.384 e. The third-order valence-electron chi connectivity index (χ3n) is 2.26. The number of anilines is 1. The maximum atomic E-state index is 5.59. The highest BCUT2D eigenvalue weighted by atomic mass is 79.9. The van der Waals surface area contributed by atoms with Crippen molar-refractivity contribution in [3.63, 3.8) is 0 Å². The summed E-state index contributed by atoms with van der Waals surface area (Å²) in [6.07, 6.45) is 0. The van der Waals surface area contributed by atoms with Crippen LogP contribution in [0.2, 0.25) is 0 Å². The van der Waals surface area contributed by atoms with Gasteiger partial charge in [-0.05, 0) is 29.8 Å². The molecule has 0 saturated carbocycles. The van der Waals surface area contributed by atoms with Crippen molar-refractivity contribution >= 4 is 21.7 Å². The van der Waals surface area contributed by atoms with E-state index >= 15 is 0 Å². The van der Waals surface area contributed by atoms with Crippen molar-refractivity contribution in [2.24, 2.45) is 0 Å². The van der Waals surface area contributed by atoms with Crippen molar-refractivity contribution in [1.82, 2.24) is 4.98 Å². The molecule has 3 nitrogen and oxygen atoms in total. The van der Waals surface area contributed by atoms with Gasteiger partial charge >= 0.3 is 0 Å². The van der Waals surface area contributed by atoms with Gasteiger partial charge < -0.3 is 10.5 Å². The fourth-order valence-electron chi connectivity index (χ4n) is 1.43. The van der Waals surface area contributed by atoms with Crippen molar-refractivity contribution in [2.45, 2.75) is 13.2 Å². The lowest BCUT2D eigenvalue weighted by molar-refractivity contribution is 0.104. The Labute approximate surface area is 109 Å². The molecule has 0 fully saturated rings. The van der Waals surface area contributed by atoms with E-state index in [4.69, 9.17) is 10.5 Å². The van der Waals surface area contributed by atoms with Gasteiger partial charge in [0.05, 0.1) is 18.9 Å². The molecule has 17 heavy (non-hydrogen) atoms. The van der Waals surface area contributed by atoms with Gasteiger partial charge in [-0.2, -0.15) is 0 Å². The van der Waals surface area contributed by atoms with E-state index in [1.807, 2.05) is 36.4 Å². The number of rotatable bonds is 4. The minimum absolute atomic E-state index is 0.473. The lowest BCUT2D eigenvalue weighted by Gasteiger charge is -2.04. The first kappa shape index (κ1) is 12.1. The van der Waals surface area contributed by atoms with Gasteiger partial charge in [0.2, 0.25) is 0 Å². The van der Waals surface area contributed by atoms with Crippen molar-refractivity contribution < 1.29 is 4.74 Å². The second-order valence-electron chi connectivity index (χ2n) is 3.67. The molecule has 2 N–H and O–H groups in total. The molecule has 2 aromatic rings. The number of hydrogen-bond acceptors (Lipinski definition) is 3. The van der Waals surface area contributed by atoms with Crippen LogP contribution in [0.15, 0.2) is 46.9 Å². The number of nitrogen functional groups attached to an aromatic ring is 1. The molecule has 1 heterocycles. The molecule has 0 bridgehead atoms. The Morgan fingerprint density at radius 1 is 1.06 bits per heavy atom. The summed E-state index contributed by atoms with van der Waals surface area (Å²) in [5.41, 5.74) is 7.57. The smallest absolute Gasteiger partial charge is 0.123 e. The number of nitrogens with two attached hydrogens (primary N) is 1. The molecular weight excluding hydrogens is 280 g/mol. The highest BCUT2D eigenvalue weighted by molar-refractivity contribution is 9.10. The standard InChI is InChI=1S/C13H13BrN2O/c14-11-6-4-10(5-7-11)8-17-9-12-2-1-3-13(15)16-12/h1-7H,8-9H2,(H2,15,16). The Balaban J connectivity index is 1.85. The Bertz CT molecular complexity index is 485. The molecule has 0 spiro atoms. The van der Waals surface area contributed by atoms with E-state index in [-0.39, 0.29) is 0 Å². The Kier molecular flexibility index (Phi) is 4.12. The SMILES string of the molecule is Nc1cccc(COCc2ccc(Br)cc2)n1. The van der Waals surface area contributed by atoms with Gasteiger partial charge in [-0.15, -0.1) is 0 Å². The van der Waals surface area contributed by atoms with Crippen molar-refractivity contribution in [2.75, 3.05) is 5.73 Å². The van der Waals surface area contributed by atoms with Gasteiger partial charge in [0, 0.05) is 4.47 Å². The summed E-state index contributed by atoms with van der Waals surface area (Å²) in [5, 5.41) is 0. The predicted molar refractivity (Wildman–Crippen MR) is 71.3 cm³/mol. The maximum absolute atomic E-state index is 5.59. The topological polar surface area (TPSA) is 48.1 Å². The van der Waals surface area contributed by atoms with Crippen molar-refractivity contribution in [3.05, 3.63) is 58.2 Å². The molecule has 4 heteroatoms. The molecule has 1 aromatic heterocycles. The lowest BCUT2D eigenvalue weighted by atomic mass is 10.2. The van der Waals surface area contributed by atoms with Gasteiger partial charge in [0.15, 0.2) is 0 Å². The van der Waals surface area contributed by atoms with E-state index in [1.54, 1.807) is 6.07 Å². The van der Waals surface area contributed by atoms with Crippen LogP contribution in [-0.2, 0) is 18.0 Å². The Hall–Kier alpha value is -1.39. The zero-order chi connectivity index (χ0) is 12.1. The van der Waals surface area contributed by atoms with Gasteiger partial charge in [-0.3, -0.25) is 0 Å². The molecule has 88 valence electrons. The quantitative estimate of drug-likeness (QED) is 0.942.